The van der Waals surface area contributed by atoms with Crippen molar-refractivity contribution in [2.75, 3.05) is 6.54 Å². The van der Waals surface area contributed by atoms with Gasteiger partial charge in [0.15, 0.2) is 0 Å². The minimum absolute atomic E-state index is 0.0320. The van der Waals surface area contributed by atoms with Gasteiger partial charge in [0.25, 0.3) is 0 Å². The zero-order valence-corrected chi connectivity index (χ0v) is 12.0. The molecule has 1 fully saturated rings. The predicted molar refractivity (Wildman–Crippen MR) is 74.4 cm³/mol. The third-order valence-corrected chi connectivity index (χ3v) is 4.56. The second-order valence-corrected chi connectivity index (χ2v) is 6.11. The summed E-state index contributed by atoms with van der Waals surface area (Å²) in [5.41, 5.74) is 0.0317. The molecule has 1 aliphatic rings. The summed E-state index contributed by atoms with van der Waals surface area (Å²) in [7, 11) is 0. The molecule has 1 saturated carbocycles. The summed E-state index contributed by atoms with van der Waals surface area (Å²) in [5, 5.41) is 14.8. The lowest BCUT2D eigenvalue weighted by Crippen LogP contribution is -2.45. The van der Waals surface area contributed by atoms with Crippen LogP contribution in [-0.4, -0.2) is 27.7 Å². The number of nitrogens with zero attached hydrogens (tertiary/aromatic N) is 1. The molecule has 1 heterocycles. The van der Waals surface area contributed by atoms with Crippen LogP contribution in [-0.2, 0) is 11.3 Å². The number of carbonyl (C=O) groups is 1. The van der Waals surface area contributed by atoms with Crippen molar-refractivity contribution in [1.82, 2.24) is 9.88 Å². The minimum Gasteiger partial charge on any atom is -0.388 e. The molecule has 2 rings (SSSR count). The average molecular weight is 284 g/mol. The van der Waals surface area contributed by atoms with Crippen molar-refractivity contribution in [2.24, 2.45) is 0 Å². The normalized spacial score (nSPS) is 18.2. The fourth-order valence-electron chi connectivity index (χ4n) is 2.45. The van der Waals surface area contributed by atoms with Crippen molar-refractivity contribution in [1.29, 1.82) is 0 Å². The van der Waals surface area contributed by atoms with E-state index in [0.29, 0.717) is 0 Å². The molecule has 19 heavy (non-hydrogen) atoms. The third kappa shape index (κ3) is 3.67. The van der Waals surface area contributed by atoms with Gasteiger partial charge in [0.1, 0.15) is 6.54 Å². The number of aryl methyl sites for hydroxylation is 1. The van der Waals surface area contributed by atoms with Crippen LogP contribution in [0.1, 0.15) is 37.8 Å². The molecule has 5 nitrogen and oxygen atoms in total. The SMILES string of the molecule is Cc1csc(=O)n1CC(=O)NCC1(O)CCCCC1. The lowest BCUT2D eigenvalue weighted by Gasteiger charge is -2.32. The van der Waals surface area contributed by atoms with E-state index in [0.717, 1.165) is 49.1 Å². The lowest BCUT2D eigenvalue weighted by molar-refractivity contribution is -0.123. The fourth-order valence-corrected chi connectivity index (χ4v) is 3.18. The van der Waals surface area contributed by atoms with E-state index in [2.05, 4.69) is 5.32 Å². The van der Waals surface area contributed by atoms with E-state index in [1.54, 1.807) is 12.3 Å². The minimum atomic E-state index is -0.761. The highest BCUT2D eigenvalue weighted by molar-refractivity contribution is 7.07. The Morgan fingerprint density at radius 2 is 2.16 bits per heavy atom. The number of aliphatic hydroxyl groups is 1. The van der Waals surface area contributed by atoms with Crippen LogP contribution in [0.2, 0.25) is 0 Å². The fraction of sp³-hybridized carbons (Fsp3) is 0.692. The number of hydrogen-bond donors (Lipinski definition) is 2. The van der Waals surface area contributed by atoms with Crippen LogP contribution in [0.3, 0.4) is 0 Å². The van der Waals surface area contributed by atoms with Crippen LogP contribution >= 0.6 is 11.3 Å². The maximum Gasteiger partial charge on any atom is 0.307 e. The van der Waals surface area contributed by atoms with Gasteiger partial charge >= 0.3 is 4.87 Å². The highest BCUT2D eigenvalue weighted by atomic mass is 32.1. The van der Waals surface area contributed by atoms with Gasteiger partial charge < -0.3 is 10.4 Å². The van der Waals surface area contributed by atoms with Gasteiger partial charge in [0, 0.05) is 17.6 Å². The zero-order valence-electron chi connectivity index (χ0n) is 11.1. The van der Waals surface area contributed by atoms with Crippen LogP contribution in [0, 0.1) is 6.92 Å². The highest BCUT2D eigenvalue weighted by Gasteiger charge is 2.29. The molecule has 0 aliphatic heterocycles. The first kappa shape index (κ1) is 14.3. The number of rotatable bonds is 4. The Morgan fingerprint density at radius 1 is 1.47 bits per heavy atom. The summed E-state index contributed by atoms with van der Waals surface area (Å²) < 4.78 is 1.45. The van der Waals surface area contributed by atoms with Gasteiger partial charge in [0.05, 0.1) is 5.60 Å². The van der Waals surface area contributed by atoms with E-state index in [1.807, 2.05) is 0 Å². The molecule has 0 saturated heterocycles. The second kappa shape index (κ2) is 5.88. The van der Waals surface area contributed by atoms with Gasteiger partial charge in [-0.1, -0.05) is 30.6 Å². The van der Waals surface area contributed by atoms with Crippen molar-refractivity contribution >= 4 is 17.2 Å². The predicted octanol–water partition coefficient (Wildman–Crippen LogP) is 1.03. The molecule has 0 aromatic carbocycles. The molecule has 1 aromatic heterocycles. The Morgan fingerprint density at radius 3 is 2.74 bits per heavy atom. The molecule has 0 atom stereocenters. The Balaban J connectivity index is 1.86. The van der Waals surface area contributed by atoms with E-state index in [1.165, 1.54) is 4.57 Å². The first-order valence-electron chi connectivity index (χ1n) is 6.64. The largest absolute Gasteiger partial charge is 0.388 e. The summed E-state index contributed by atoms with van der Waals surface area (Å²) in [6.45, 7) is 2.12. The molecule has 0 radical (unpaired) electrons. The topological polar surface area (TPSA) is 71.3 Å². The van der Waals surface area contributed by atoms with Crippen LogP contribution in [0.15, 0.2) is 10.2 Å². The van der Waals surface area contributed by atoms with Crippen molar-refractivity contribution in [2.45, 2.75) is 51.2 Å². The summed E-state index contributed by atoms with van der Waals surface area (Å²) in [4.78, 5) is 23.2. The van der Waals surface area contributed by atoms with Crippen LogP contribution in [0.5, 0.6) is 0 Å². The van der Waals surface area contributed by atoms with E-state index >= 15 is 0 Å². The summed E-state index contributed by atoms with van der Waals surface area (Å²) in [5.74, 6) is -0.220. The van der Waals surface area contributed by atoms with Gasteiger partial charge in [0.2, 0.25) is 5.91 Å². The molecule has 0 unspecified atom stereocenters. The molecule has 1 aliphatic carbocycles. The van der Waals surface area contributed by atoms with Gasteiger partial charge in [-0.05, 0) is 19.8 Å². The standard InChI is InChI=1S/C13H20N2O3S/c1-10-8-19-12(17)15(10)7-11(16)14-9-13(18)5-3-2-4-6-13/h8,18H,2-7,9H2,1H3,(H,14,16). The van der Waals surface area contributed by atoms with E-state index in [9.17, 15) is 14.7 Å². The Bertz CT molecular complexity index is 500. The summed E-state index contributed by atoms with van der Waals surface area (Å²) >= 11 is 1.10. The van der Waals surface area contributed by atoms with Crippen LogP contribution in [0.4, 0.5) is 0 Å². The Labute approximate surface area is 116 Å². The maximum atomic E-state index is 11.8. The zero-order chi connectivity index (χ0) is 13.9. The van der Waals surface area contributed by atoms with Crippen molar-refractivity contribution in [3.8, 4) is 0 Å². The second-order valence-electron chi connectivity index (χ2n) is 5.29. The third-order valence-electron chi connectivity index (χ3n) is 3.68. The van der Waals surface area contributed by atoms with Gasteiger partial charge in [-0.25, -0.2) is 0 Å². The summed E-state index contributed by atoms with van der Waals surface area (Å²) in [6.07, 6.45) is 4.65. The molecular formula is C13H20N2O3S. The van der Waals surface area contributed by atoms with E-state index in [-0.39, 0.29) is 23.9 Å². The number of carbonyl (C=O) groups excluding carboxylic acids is 1. The Hall–Kier alpha value is -1.14. The van der Waals surface area contributed by atoms with Gasteiger partial charge in [-0.2, -0.15) is 0 Å². The molecule has 6 heteroatoms. The van der Waals surface area contributed by atoms with Crippen LogP contribution in [0.25, 0.3) is 0 Å². The number of hydrogen-bond acceptors (Lipinski definition) is 4. The quantitative estimate of drug-likeness (QED) is 0.867. The van der Waals surface area contributed by atoms with Gasteiger partial charge in [-0.3, -0.25) is 14.2 Å². The van der Waals surface area contributed by atoms with Crippen molar-refractivity contribution in [3.63, 3.8) is 0 Å². The number of thiazole rings is 1. The molecule has 2 N–H and O–H groups in total. The first-order chi connectivity index (χ1) is 9.00. The average Bonchev–Trinajstić information content (AvgIpc) is 2.69. The highest BCUT2D eigenvalue weighted by Crippen LogP contribution is 2.27. The van der Waals surface area contributed by atoms with Crippen molar-refractivity contribution in [3.05, 3.63) is 20.7 Å². The monoisotopic (exact) mass is 284 g/mol. The molecule has 0 spiro atoms. The van der Waals surface area contributed by atoms with E-state index in [4.69, 9.17) is 0 Å². The molecular weight excluding hydrogens is 264 g/mol. The van der Waals surface area contributed by atoms with E-state index < -0.39 is 5.60 Å². The first-order valence-corrected chi connectivity index (χ1v) is 7.52. The molecule has 1 amide bonds. The van der Waals surface area contributed by atoms with Gasteiger partial charge in [-0.15, -0.1) is 0 Å². The Kier molecular flexibility index (Phi) is 4.42. The smallest absolute Gasteiger partial charge is 0.307 e. The van der Waals surface area contributed by atoms with Crippen LogP contribution < -0.4 is 10.2 Å². The van der Waals surface area contributed by atoms with Crippen molar-refractivity contribution < 1.29 is 9.90 Å². The number of nitrogens with one attached hydrogen (secondary N) is 1. The summed E-state index contributed by atoms with van der Waals surface area (Å²) in [6, 6.07) is 0. The molecule has 1 aromatic rings. The maximum absolute atomic E-state index is 11.8. The lowest BCUT2D eigenvalue weighted by atomic mass is 9.85. The molecule has 106 valence electrons. The molecule has 0 bridgehead atoms. The number of aromatic nitrogens is 1. The number of amides is 1.